The summed E-state index contributed by atoms with van der Waals surface area (Å²) in [6, 6.07) is 6.17. The maximum atomic E-state index is 11.9. The number of carbonyl (C=O) groups is 1. The first kappa shape index (κ1) is 11.6. The lowest BCUT2D eigenvalue weighted by Crippen LogP contribution is -2.25. The fourth-order valence-corrected chi connectivity index (χ4v) is 2.69. The Morgan fingerprint density at radius 3 is 2.88 bits per heavy atom. The lowest BCUT2D eigenvalue weighted by molar-refractivity contribution is -0.117. The number of amides is 1. The summed E-state index contributed by atoms with van der Waals surface area (Å²) in [4.78, 5) is 13.7. The molecule has 0 radical (unpaired) electrons. The highest BCUT2D eigenvalue weighted by Crippen LogP contribution is 2.29. The van der Waals surface area contributed by atoms with E-state index < -0.39 is 0 Å². The van der Waals surface area contributed by atoms with Gasteiger partial charge in [-0.1, -0.05) is 6.08 Å². The fourth-order valence-electron chi connectivity index (χ4n) is 2.05. The van der Waals surface area contributed by atoms with E-state index in [0.29, 0.717) is 12.3 Å². The van der Waals surface area contributed by atoms with Crippen LogP contribution in [0.1, 0.15) is 12.0 Å². The summed E-state index contributed by atoms with van der Waals surface area (Å²) in [7, 11) is 0. The van der Waals surface area contributed by atoms with Crippen LogP contribution in [0.3, 0.4) is 0 Å². The molecule has 3 heteroatoms. The number of carbonyl (C=O) groups excluding carboxylic acids is 1. The van der Waals surface area contributed by atoms with Gasteiger partial charge < -0.3 is 4.90 Å². The van der Waals surface area contributed by atoms with Gasteiger partial charge in [-0.3, -0.25) is 4.79 Å². The molecule has 1 amide bonds. The van der Waals surface area contributed by atoms with Crippen LogP contribution in [0.5, 0.6) is 0 Å². The van der Waals surface area contributed by atoms with Crippen molar-refractivity contribution in [3.63, 3.8) is 0 Å². The molecule has 1 fully saturated rings. The van der Waals surface area contributed by atoms with Crippen molar-refractivity contribution in [2.24, 2.45) is 5.92 Å². The largest absolute Gasteiger partial charge is 0.312 e. The molecule has 0 aromatic heterocycles. The van der Waals surface area contributed by atoms with Gasteiger partial charge in [0.25, 0.3) is 0 Å². The van der Waals surface area contributed by atoms with Crippen molar-refractivity contribution in [3.05, 3.63) is 40.0 Å². The summed E-state index contributed by atoms with van der Waals surface area (Å²) in [6.45, 7) is 6.58. The van der Waals surface area contributed by atoms with Crippen molar-refractivity contribution in [2.45, 2.75) is 13.3 Å². The number of anilines is 1. The van der Waals surface area contributed by atoms with Gasteiger partial charge in [-0.25, -0.2) is 0 Å². The Morgan fingerprint density at radius 2 is 2.31 bits per heavy atom. The normalized spacial score (nSPS) is 20.2. The molecule has 1 aliphatic rings. The van der Waals surface area contributed by atoms with Gasteiger partial charge in [-0.15, -0.1) is 6.58 Å². The maximum absolute atomic E-state index is 11.9. The second-order valence-electron chi connectivity index (χ2n) is 4.14. The Kier molecular flexibility index (Phi) is 3.33. The van der Waals surface area contributed by atoms with E-state index in [1.807, 2.05) is 30.0 Å². The van der Waals surface area contributed by atoms with E-state index in [1.54, 1.807) is 0 Å². The van der Waals surface area contributed by atoms with Crippen molar-refractivity contribution in [2.75, 3.05) is 11.4 Å². The second-order valence-corrected chi connectivity index (χ2v) is 5.38. The Bertz CT molecular complexity index is 442. The molecule has 1 aliphatic heterocycles. The molecule has 1 atom stereocenters. The molecule has 84 valence electrons. The van der Waals surface area contributed by atoms with Gasteiger partial charge in [0.15, 0.2) is 0 Å². The smallest absolute Gasteiger partial charge is 0.227 e. The molecule has 1 unspecified atom stereocenters. The number of rotatable bonds is 2. The standard InChI is InChI=1S/C13H14INO/c1-3-10-7-13(16)15(8-10)12-5-4-11(14)6-9(12)2/h3-6,10H,1,7-8H2,2H3. The summed E-state index contributed by atoms with van der Waals surface area (Å²) < 4.78 is 1.20. The zero-order valence-electron chi connectivity index (χ0n) is 9.24. The summed E-state index contributed by atoms with van der Waals surface area (Å²) >= 11 is 2.28. The van der Waals surface area contributed by atoms with E-state index in [4.69, 9.17) is 0 Å². The van der Waals surface area contributed by atoms with Crippen LogP contribution in [-0.4, -0.2) is 12.5 Å². The molecule has 2 nitrogen and oxygen atoms in total. The van der Waals surface area contributed by atoms with Crippen LogP contribution in [-0.2, 0) is 4.79 Å². The van der Waals surface area contributed by atoms with Crippen LogP contribution >= 0.6 is 22.6 Å². The zero-order chi connectivity index (χ0) is 11.7. The number of hydrogen-bond acceptors (Lipinski definition) is 1. The van der Waals surface area contributed by atoms with Gasteiger partial charge >= 0.3 is 0 Å². The molecule has 0 aliphatic carbocycles. The van der Waals surface area contributed by atoms with E-state index in [-0.39, 0.29) is 5.91 Å². The second kappa shape index (κ2) is 4.57. The minimum atomic E-state index is 0.203. The average molecular weight is 327 g/mol. The highest BCUT2D eigenvalue weighted by Gasteiger charge is 2.29. The Labute approximate surface area is 109 Å². The molecule has 16 heavy (non-hydrogen) atoms. The number of nitrogens with zero attached hydrogens (tertiary/aromatic N) is 1. The van der Waals surface area contributed by atoms with E-state index in [9.17, 15) is 4.79 Å². The topological polar surface area (TPSA) is 20.3 Å². The van der Waals surface area contributed by atoms with Crippen molar-refractivity contribution in [1.82, 2.24) is 0 Å². The van der Waals surface area contributed by atoms with Crippen LogP contribution in [0.15, 0.2) is 30.9 Å². The van der Waals surface area contributed by atoms with Crippen LogP contribution in [0.25, 0.3) is 0 Å². The molecule has 2 rings (SSSR count). The summed E-state index contributed by atoms with van der Waals surface area (Å²) in [5, 5.41) is 0. The van der Waals surface area contributed by atoms with Gasteiger partial charge in [-0.2, -0.15) is 0 Å². The summed E-state index contributed by atoms with van der Waals surface area (Å²) in [5.74, 6) is 0.500. The fraction of sp³-hybridized carbons (Fsp3) is 0.308. The molecule has 1 saturated heterocycles. The first-order valence-corrected chi connectivity index (χ1v) is 6.38. The third kappa shape index (κ3) is 2.14. The lowest BCUT2D eigenvalue weighted by atomic mass is 10.1. The van der Waals surface area contributed by atoms with E-state index in [0.717, 1.165) is 17.8 Å². The highest BCUT2D eigenvalue weighted by atomic mass is 127. The predicted molar refractivity (Wildman–Crippen MR) is 74.6 cm³/mol. The average Bonchev–Trinajstić information content (AvgIpc) is 2.60. The van der Waals surface area contributed by atoms with Gasteiger partial charge in [0.05, 0.1) is 0 Å². The highest BCUT2D eigenvalue weighted by molar-refractivity contribution is 14.1. The van der Waals surface area contributed by atoms with Gasteiger partial charge in [0.2, 0.25) is 5.91 Å². The SMILES string of the molecule is C=CC1CC(=O)N(c2ccc(I)cc2C)C1. The molecule has 1 heterocycles. The quantitative estimate of drug-likeness (QED) is 0.604. The van der Waals surface area contributed by atoms with Crippen molar-refractivity contribution in [3.8, 4) is 0 Å². The Balaban J connectivity index is 2.31. The molecule has 0 spiro atoms. The molecule has 0 N–H and O–H groups in total. The van der Waals surface area contributed by atoms with Gasteiger partial charge in [-0.05, 0) is 53.3 Å². The molecule has 0 bridgehead atoms. The number of benzene rings is 1. The monoisotopic (exact) mass is 327 g/mol. The van der Waals surface area contributed by atoms with E-state index in [2.05, 4.69) is 35.2 Å². The van der Waals surface area contributed by atoms with E-state index >= 15 is 0 Å². The van der Waals surface area contributed by atoms with Gasteiger partial charge in [0.1, 0.15) is 0 Å². The third-order valence-corrected chi connectivity index (χ3v) is 3.61. The molecular formula is C13H14INO. The first-order valence-electron chi connectivity index (χ1n) is 5.31. The predicted octanol–water partition coefficient (Wildman–Crippen LogP) is 3.14. The van der Waals surface area contributed by atoms with Crippen molar-refractivity contribution in [1.29, 1.82) is 0 Å². The Hall–Kier alpha value is -0.840. The van der Waals surface area contributed by atoms with Crippen LogP contribution in [0.4, 0.5) is 5.69 Å². The van der Waals surface area contributed by atoms with Crippen LogP contribution in [0, 0.1) is 16.4 Å². The van der Waals surface area contributed by atoms with Gasteiger partial charge in [0, 0.05) is 28.1 Å². The van der Waals surface area contributed by atoms with Crippen molar-refractivity contribution < 1.29 is 4.79 Å². The summed E-state index contributed by atoms with van der Waals surface area (Å²) in [6.07, 6.45) is 2.47. The van der Waals surface area contributed by atoms with Crippen LogP contribution < -0.4 is 4.90 Å². The maximum Gasteiger partial charge on any atom is 0.227 e. The van der Waals surface area contributed by atoms with Crippen molar-refractivity contribution >= 4 is 34.2 Å². The molecule has 0 saturated carbocycles. The van der Waals surface area contributed by atoms with Crippen LogP contribution in [0.2, 0.25) is 0 Å². The molecule has 1 aromatic rings. The third-order valence-electron chi connectivity index (χ3n) is 2.94. The number of halogens is 1. The summed E-state index contributed by atoms with van der Waals surface area (Å²) in [5.41, 5.74) is 2.19. The Morgan fingerprint density at radius 1 is 1.56 bits per heavy atom. The minimum Gasteiger partial charge on any atom is -0.312 e. The molecule has 1 aromatic carbocycles. The first-order chi connectivity index (χ1) is 7.61. The zero-order valence-corrected chi connectivity index (χ0v) is 11.4. The molecular weight excluding hydrogens is 313 g/mol. The number of aryl methyl sites for hydroxylation is 1. The lowest BCUT2D eigenvalue weighted by Gasteiger charge is -2.18. The number of hydrogen-bond donors (Lipinski definition) is 0. The van der Waals surface area contributed by atoms with E-state index in [1.165, 1.54) is 3.57 Å². The minimum absolute atomic E-state index is 0.203.